The quantitative estimate of drug-likeness (QED) is 0.395. The number of thioether (sulfide) groups is 1. The number of nitrogens with one attached hydrogen (secondary N) is 1. The molecule has 4 aromatic rings. The fourth-order valence-corrected chi connectivity index (χ4v) is 4.43. The van der Waals surface area contributed by atoms with Gasteiger partial charge in [0.1, 0.15) is 0 Å². The van der Waals surface area contributed by atoms with Gasteiger partial charge in [-0.1, -0.05) is 53.7 Å². The topological polar surface area (TPSA) is 64.7 Å². The van der Waals surface area contributed by atoms with Gasteiger partial charge in [0.25, 0.3) is 0 Å². The van der Waals surface area contributed by atoms with Gasteiger partial charge >= 0.3 is 0 Å². The third-order valence-electron chi connectivity index (χ3n) is 4.88. The minimum Gasteiger partial charge on any atom is -0.347 e. The van der Waals surface area contributed by atoms with E-state index in [-0.39, 0.29) is 11.7 Å². The third-order valence-corrected chi connectivity index (χ3v) is 6.18. The molecule has 0 radical (unpaired) electrons. The number of benzene rings is 2. The van der Waals surface area contributed by atoms with E-state index < -0.39 is 0 Å². The predicted octanol–water partition coefficient (Wildman–Crippen LogP) is 5.32. The second-order valence-electron chi connectivity index (χ2n) is 6.71. The summed E-state index contributed by atoms with van der Waals surface area (Å²) in [6, 6.07) is 15.5. The number of anilines is 1. The van der Waals surface area contributed by atoms with Crippen LogP contribution in [0.15, 0.2) is 59.9 Å². The SMILES string of the molecule is CCn1c(SCC(=O)Nc2ccccc2Cl)nnc1-c1cn(CC)c2ccccc12. The highest BCUT2D eigenvalue weighted by atomic mass is 35.5. The molecule has 0 spiro atoms. The molecule has 1 amide bonds. The van der Waals surface area contributed by atoms with Gasteiger partial charge in [-0.05, 0) is 32.0 Å². The Hall–Kier alpha value is -2.77. The summed E-state index contributed by atoms with van der Waals surface area (Å²) in [5, 5.41) is 14.0. The zero-order chi connectivity index (χ0) is 21.1. The van der Waals surface area contributed by atoms with Crippen molar-refractivity contribution < 1.29 is 4.79 Å². The number of rotatable bonds is 7. The van der Waals surface area contributed by atoms with Crippen molar-refractivity contribution >= 4 is 45.9 Å². The number of amides is 1. The number of para-hydroxylation sites is 2. The second kappa shape index (κ2) is 8.93. The molecule has 0 aliphatic carbocycles. The molecule has 0 saturated heterocycles. The van der Waals surface area contributed by atoms with Gasteiger partial charge in [0.15, 0.2) is 11.0 Å². The summed E-state index contributed by atoms with van der Waals surface area (Å²) in [4.78, 5) is 12.4. The molecule has 2 heterocycles. The molecule has 4 rings (SSSR count). The predicted molar refractivity (Wildman–Crippen MR) is 123 cm³/mol. The molecule has 0 aliphatic rings. The number of halogens is 1. The monoisotopic (exact) mass is 439 g/mol. The van der Waals surface area contributed by atoms with Gasteiger partial charge in [-0.2, -0.15) is 0 Å². The fraction of sp³-hybridized carbons (Fsp3) is 0.227. The molecule has 0 unspecified atom stereocenters. The Morgan fingerprint density at radius 3 is 2.60 bits per heavy atom. The Labute approximate surface area is 184 Å². The first kappa shape index (κ1) is 20.5. The van der Waals surface area contributed by atoms with E-state index in [2.05, 4.69) is 56.8 Å². The maximum atomic E-state index is 12.4. The normalized spacial score (nSPS) is 11.2. The zero-order valence-corrected chi connectivity index (χ0v) is 18.4. The molecule has 154 valence electrons. The molecule has 30 heavy (non-hydrogen) atoms. The van der Waals surface area contributed by atoms with Gasteiger partial charge in [-0.25, -0.2) is 0 Å². The van der Waals surface area contributed by atoms with Crippen molar-refractivity contribution in [3.63, 3.8) is 0 Å². The van der Waals surface area contributed by atoms with Gasteiger partial charge in [0.2, 0.25) is 5.91 Å². The first-order chi connectivity index (χ1) is 14.6. The van der Waals surface area contributed by atoms with Crippen molar-refractivity contribution in [1.82, 2.24) is 19.3 Å². The van der Waals surface area contributed by atoms with Gasteiger partial charge in [0, 0.05) is 35.8 Å². The van der Waals surface area contributed by atoms with Crippen LogP contribution in [0.4, 0.5) is 5.69 Å². The number of aryl methyl sites for hydroxylation is 1. The Morgan fingerprint density at radius 2 is 1.83 bits per heavy atom. The lowest BCUT2D eigenvalue weighted by Crippen LogP contribution is -2.15. The molecule has 6 nitrogen and oxygen atoms in total. The summed E-state index contributed by atoms with van der Waals surface area (Å²) < 4.78 is 4.26. The van der Waals surface area contributed by atoms with E-state index in [1.54, 1.807) is 12.1 Å². The van der Waals surface area contributed by atoms with Crippen LogP contribution in [0, 0.1) is 0 Å². The molecular weight excluding hydrogens is 418 g/mol. The number of fused-ring (bicyclic) bond motifs is 1. The Bertz CT molecular complexity index is 1200. The van der Waals surface area contributed by atoms with Crippen molar-refractivity contribution in [2.24, 2.45) is 0 Å². The molecule has 0 aliphatic heterocycles. The lowest BCUT2D eigenvalue weighted by molar-refractivity contribution is -0.113. The van der Waals surface area contributed by atoms with E-state index in [1.807, 2.05) is 24.3 Å². The van der Waals surface area contributed by atoms with Gasteiger partial charge in [-0.15, -0.1) is 10.2 Å². The van der Waals surface area contributed by atoms with E-state index in [1.165, 1.54) is 17.3 Å². The smallest absolute Gasteiger partial charge is 0.234 e. The summed E-state index contributed by atoms with van der Waals surface area (Å²) in [7, 11) is 0. The molecule has 2 aromatic heterocycles. The second-order valence-corrected chi connectivity index (χ2v) is 8.06. The minimum atomic E-state index is -0.136. The highest BCUT2D eigenvalue weighted by molar-refractivity contribution is 7.99. The van der Waals surface area contributed by atoms with E-state index in [0.29, 0.717) is 17.3 Å². The number of carbonyl (C=O) groups excluding carboxylic acids is 1. The number of nitrogens with zero attached hydrogens (tertiary/aromatic N) is 4. The molecule has 0 fully saturated rings. The van der Waals surface area contributed by atoms with Crippen LogP contribution in [0.3, 0.4) is 0 Å². The molecule has 0 bridgehead atoms. The van der Waals surface area contributed by atoms with Crippen LogP contribution in [0.5, 0.6) is 0 Å². The third kappa shape index (κ3) is 3.95. The maximum absolute atomic E-state index is 12.4. The Morgan fingerprint density at radius 1 is 1.07 bits per heavy atom. The van der Waals surface area contributed by atoms with E-state index in [9.17, 15) is 4.79 Å². The number of carbonyl (C=O) groups is 1. The first-order valence-electron chi connectivity index (χ1n) is 9.81. The summed E-state index contributed by atoms with van der Waals surface area (Å²) in [5.41, 5.74) is 2.83. The fourth-order valence-electron chi connectivity index (χ4n) is 3.45. The van der Waals surface area contributed by atoms with Crippen molar-refractivity contribution in [3.8, 4) is 11.4 Å². The molecule has 1 N–H and O–H groups in total. The van der Waals surface area contributed by atoms with Crippen LogP contribution in [0.25, 0.3) is 22.3 Å². The first-order valence-corrected chi connectivity index (χ1v) is 11.2. The summed E-state index contributed by atoms with van der Waals surface area (Å²) in [6.07, 6.45) is 2.12. The van der Waals surface area contributed by atoms with Crippen LogP contribution in [-0.2, 0) is 17.9 Å². The Balaban J connectivity index is 1.56. The van der Waals surface area contributed by atoms with Gasteiger partial charge in [0.05, 0.1) is 16.5 Å². The van der Waals surface area contributed by atoms with E-state index in [4.69, 9.17) is 11.6 Å². The van der Waals surface area contributed by atoms with Crippen LogP contribution >= 0.6 is 23.4 Å². The lowest BCUT2D eigenvalue weighted by Gasteiger charge is -2.08. The Kier molecular flexibility index (Phi) is 6.11. The molecule has 2 aromatic carbocycles. The average Bonchev–Trinajstić information content (AvgIpc) is 3.34. The highest BCUT2D eigenvalue weighted by Crippen LogP contribution is 2.32. The lowest BCUT2D eigenvalue weighted by atomic mass is 10.1. The minimum absolute atomic E-state index is 0.136. The van der Waals surface area contributed by atoms with Gasteiger partial charge < -0.3 is 14.5 Å². The number of aromatic nitrogens is 4. The molecule has 8 heteroatoms. The maximum Gasteiger partial charge on any atom is 0.234 e. The van der Waals surface area contributed by atoms with Gasteiger partial charge in [-0.3, -0.25) is 4.79 Å². The highest BCUT2D eigenvalue weighted by Gasteiger charge is 2.18. The standard InChI is InChI=1S/C22H22ClN5OS/c1-3-27-13-16(15-9-5-8-12-19(15)27)21-25-26-22(28(21)4-2)30-14-20(29)24-18-11-7-6-10-17(18)23/h5-13H,3-4,14H2,1-2H3,(H,24,29). The van der Waals surface area contributed by atoms with Crippen molar-refractivity contribution in [2.45, 2.75) is 32.1 Å². The summed E-state index contributed by atoms with van der Waals surface area (Å²) >= 11 is 7.48. The number of hydrogen-bond acceptors (Lipinski definition) is 4. The largest absolute Gasteiger partial charge is 0.347 e. The van der Waals surface area contributed by atoms with Crippen LogP contribution in [0.1, 0.15) is 13.8 Å². The summed E-state index contributed by atoms with van der Waals surface area (Å²) in [5.74, 6) is 0.901. The summed E-state index contributed by atoms with van der Waals surface area (Å²) in [6.45, 7) is 5.77. The van der Waals surface area contributed by atoms with Crippen LogP contribution < -0.4 is 5.32 Å². The van der Waals surface area contributed by atoms with Crippen molar-refractivity contribution in [2.75, 3.05) is 11.1 Å². The van der Waals surface area contributed by atoms with Crippen LogP contribution in [-0.4, -0.2) is 31.0 Å². The molecular formula is C22H22ClN5OS. The van der Waals surface area contributed by atoms with E-state index >= 15 is 0 Å². The van der Waals surface area contributed by atoms with Crippen molar-refractivity contribution in [1.29, 1.82) is 0 Å². The average molecular weight is 440 g/mol. The zero-order valence-electron chi connectivity index (χ0n) is 16.8. The molecule has 0 saturated carbocycles. The number of hydrogen-bond donors (Lipinski definition) is 1. The van der Waals surface area contributed by atoms with Crippen LogP contribution in [0.2, 0.25) is 5.02 Å². The molecule has 0 atom stereocenters. The van der Waals surface area contributed by atoms with E-state index in [0.717, 1.165) is 28.5 Å². The van der Waals surface area contributed by atoms with Crippen molar-refractivity contribution in [3.05, 3.63) is 59.8 Å².